The van der Waals surface area contributed by atoms with E-state index in [9.17, 15) is 13.6 Å². The van der Waals surface area contributed by atoms with Crippen molar-refractivity contribution in [1.29, 1.82) is 0 Å². The Morgan fingerprint density at radius 1 is 1.40 bits per heavy atom. The molecule has 1 saturated carbocycles. The lowest BCUT2D eigenvalue weighted by Gasteiger charge is -2.24. The molecule has 1 N–H and O–H groups in total. The minimum Gasteiger partial charge on any atom is -0.334 e. The number of amides is 1. The molecular formula is C10H16F2N2O. The van der Waals surface area contributed by atoms with E-state index in [0.717, 1.165) is 25.8 Å². The van der Waals surface area contributed by atoms with E-state index in [2.05, 4.69) is 5.32 Å². The maximum absolute atomic E-state index is 12.3. The van der Waals surface area contributed by atoms with E-state index in [4.69, 9.17) is 0 Å². The maximum Gasteiger partial charge on any atom is 0.255 e. The van der Waals surface area contributed by atoms with Crippen molar-refractivity contribution < 1.29 is 13.6 Å². The SMILES string of the molecule is O=C(C1CCNC1)N(CC(F)F)C1CC1. The van der Waals surface area contributed by atoms with E-state index in [1.165, 1.54) is 4.90 Å². The van der Waals surface area contributed by atoms with Crippen molar-refractivity contribution in [3.05, 3.63) is 0 Å². The number of carbonyl (C=O) groups excluding carboxylic acids is 1. The summed E-state index contributed by atoms with van der Waals surface area (Å²) in [6, 6.07) is 0.0899. The number of nitrogens with zero attached hydrogens (tertiary/aromatic N) is 1. The van der Waals surface area contributed by atoms with Crippen molar-refractivity contribution in [1.82, 2.24) is 10.2 Å². The molecule has 5 heteroatoms. The maximum atomic E-state index is 12.3. The van der Waals surface area contributed by atoms with Crippen LogP contribution in [0.4, 0.5) is 8.78 Å². The van der Waals surface area contributed by atoms with Gasteiger partial charge in [-0.05, 0) is 25.8 Å². The molecule has 1 aliphatic carbocycles. The summed E-state index contributed by atoms with van der Waals surface area (Å²) < 4.78 is 24.6. The lowest BCUT2D eigenvalue weighted by molar-refractivity contribution is -0.137. The fourth-order valence-corrected chi connectivity index (χ4v) is 2.05. The number of alkyl halides is 2. The van der Waals surface area contributed by atoms with Crippen LogP contribution in [0.15, 0.2) is 0 Å². The van der Waals surface area contributed by atoms with Gasteiger partial charge in [-0.25, -0.2) is 8.78 Å². The van der Waals surface area contributed by atoms with Crippen molar-refractivity contribution in [2.45, 2.75) is 31.7 Å². The van der Waals surface area contributed by atoms with Crippen LogP contribution in [0, 0.1) is 5.92 Å². The molecule has 0 spiro atoms. The molecule has 0 radical (unpaired) electrons. The van der Waals surface area contributed by atoms with Gasteiger partial charge in [-0.3, -0.25) is 4.79 Å². The molecule has 1 heterocycles. The highest BCUT2D eigenvalue weighted by Crippen LogP contribution is 2.29. The van der Waals surface area contributed by atoms with Gasteiger partial charge in [-0.15, -0.1) is 0 Å². The molecule has 1 unspecified atom stereocenters. The Kier molecular flexibility index (Phi) is 3.19. The highest BCUT2D eigenvalue weighted by atomic mass is 19.3. The van der Waals surface area contributed by atoms with Gasteiger partial charge in [0.15, 0.2) is 0 Å². The molecule has 1 saturated heterocycles. The first-order valence-corrected chi connectivity index (χ1v) is 5.48. The molecule has 15 heavy (non-hydrogen) atoms. The summed E-state index contributed by atoms with van der Waals surface area (Å²) in [4.78, 5) is 13.3. The molecule has 0 aromatic heterocycles. The van der Waals surface area contributed by atoms with Gasteiger partial charge in [-0.1, -0.05) is 0 Å². The number of nitrogens with one attached hydrogen (secondary N) is 1. The van der Waals surface area contributed by atoms with Crippen LogP contribution in [0.1, 0.15) is 19.3 Å². The predicted octanol–water partition coefficient (Wildman–Crippen LogP) is 0.852. The fraction of sp³-hybridized carbons (Fsp3) is 0.900. The summed E-state index contributed by atoms with van der Waals surface area (Å²) in [6.07, 6.45) is 0.145. The van der Waals surface area contributed by atoms with Crippen LogP contribution in [0.2, 0.25) is 0 Å². The van der Waals surface area contributed by atoms with Crippen molar-refractivity contribution in [3.8, 4) is 0 Å². The van der Waals surface area contributed by atoms with Crippen LogP contribution < -0.4 is 5.32 Å². The van der Waals surface area contributed by atoms with Crippen LogP contribution in [0.3, 0.4) is 0 Å². The second kappa shape index (κ2) is 4.43. The van der Waals surface area contributed by atoms with Crippen LogP contribution in [0.5, 0.6) is 0 Å². The summed E-state index contributed by atoms with van der Waals surface area (Å²) in [7, 11) is 0. The number of hydrogen-bond acceptors (Lipinski definition) is 2. The van der Waals surface area contributed by atoms with Gasteiger partial charge in [-0.2, -0.15) is 0 Å². The first kappa shape index (κ1) is 10.8. The fourth-order valence-electron chi connectivity index (χ4n) is 2.05. The Labute approximate surface area is 87.8 Å². The molecule has 0 bridgehead atoms. The zero-order valence-corrected chi connectivity index (χ0v) is 8.59. The Bertz CT molecular complexity index is 238. The summed E-state index contributed by atoms with van der Waals surface area (Å²) in [5.74, 6) is -0.160. The van der Waals surface area contributed by atoms with Gasteiger partial charge in [0.25, 0.3) is 6.43 Å². The van der Waals surface area contributed by atoms with Gasteiger partial charge >= 0.3 is 0 Å². The van der Waals surface area contributed by atoms with E-state index in [1.807, 2.05) is 0 Å². The minimum absolute atomic E-state index is 0.0793. The van der Waals surface area contributed by atoms with Crippen molar-refractivity contribution in [2.24, 2.45) is 5.92 Å². The van der Waals surface area contributed by atoms with Gasteiger partial charge in [0.05, 0.1) is 12.5 Å². The topological polar surface area (TPSA) is 32.3 Å². The second-order valence-corrected chi connectivity index (χ2v) is 4.30. The van der Waals surface area contributed by atoms with Gasteiger partial charge in [0.2, 0.25) is 5.91 Å². The summed E-state index contributed by atoms with van der Waals surface area (Å²) in [6.45, 7) is 1.08. The Morgan fingerprint density at radius 2 is 2.13 bits per heavy atom. The third-order valence-corrected chi connectivity index (χ3v) is 3.01. The smallest absolute Gasteiger partial charge is 0.255 e. The zero-order chi connectivity index (χ0) is 10.8. The molecule has 2 fully saturated rings. The molecule has 3 nitrogen and oxygen atoms in total. The minimum atomic E-state index is -2.41. The monoisotopic (exact) mass is 218 g/mol. The molecular weight excluding hydrogens is 202 g/mol. The average molecular weight is 218 g/mol. The number of hydrogen-bond donors (Lipinski definition) is 1. The number of halogens is 2. The molecule has 1 amide bonds. The van der Waals surface area contributed by atoms with E-state index >= 15 is 0 Å². The van der Waals surface area contributed by atoms with Crippen molar-refractivity contribution in [2.75, 3.05) is 19.6 Å². The van der Waals surface area contributed by atoms with Crippen LogP contribution in [-0.4, -0.2) is 42.9 Å². The highest BCUT2D eigenvalue weighted by molar-refractivity contribution is 5.80. The molecule has 1 atom stereocenters. The second-order valence-electron chi connectivity index (χ2n) is 4.30. The van der Waals surface area contributed by atoms with Crippen LogP contribution >= 0.6 is 0 Å². The molecule has 2 rings (SSSR count). The van der Waals surface area contributed by atoms with E-state index in [0.29, 0.717) is 6.54 Å². The average Bonchev–Trinajstić information content (AvgIpc) is 2.88. The van der Waals surface area contributed by atoms with Gasteiger partial charge < -0.3 is 10.2 Å². The quantitative estimate of drug-likeness (QED) is 0.758. The molecule has 0 aromatic rings. The van der Waals surface area contributed by atoms with Crippen LogP contribution in [0.25, 0.3) is 0 Å². The largest absolute Gasteiger partial charge is 0.334 e. The highest BCUT2D eigenvalue weighted by Gasteiger charge is 2.37. The van der Waals surface area contributed by atoms with Crippen molar-refractivity contribution in [3.63, 3.8) is 0 Å². The van der Waals surface area contributed by atoms with Gasteiger partial charge in [0, 0.05) is 12.6 Å². The Hall–Kier alpha value is -0.710. The standard InChI is InChI=1S/C10H16F2N2O/c11-9(12)6-14(8-1-2-8)10(15)7-3-4-13-5-7/h7-9,13H,1-6H2. The predicted molar refractivity (Wildman–Crippen MR) is 51.7 cm³/mol. The lowest BCUT2D eigenvalue weighted by Crippen LogP contribution is -2.41. The first-order chi connectivity index (χ1) is 7.18. The third-order valence-electron chi connectivity index (χ3n) is 3.01. The van der Waals surface area contributed by atoms with Gasteiger partial charge in [0.1, 0.15) is 0 Å². The summed E-state index contributed by atoms with van der Waals surface area (Å²) in [5.41, 5.74) is 0. The molecule has 1 aliphatic heterocycles. The Morgan fingerprint density at radius 3 is 2.60 bits per heavy atom. The van der Waals surface area contributed by atoms with E-state index in [1.54, 1.807) is 0 Å². The molecule has 0 aromatic carbocycles. The van der Waals surface area contributed by atoms with E-state index < -0.39 is 6.43 Å². The Balaban J connectivity index is 1.93. The van der Waals surface area contributed by atoms with Crippen molar-refractivity contribution >= 4 is 5.91 Å². The summed E-state index contributed by atoms with van der Waals surface area (Å²) >= 11 is 0. The lowest BCUT2D eigenvalue weighted by atomic mass is 10.1. The third kappa shape index (κ3) is 2.65. The molecule has 86 valence electrons. The first-order valence-electron chi connectivity index (χ1n) is 5.48. The summed E-state index contributed by atoms with van der Waals surface area (Å²) in [5, 5.41) is 3.09. The number of rotatable bonds is 4. The number of carbonyl (C=O) groups is 1. The molecule has 2 aliphatic rings. The zero-order valence-electron chi connectivity index (χ0n) is 8.59. The normalized spacial score (nSPS) is 25.9. The van der Waals surface area contributed by atoms with Crippen LogP contribution in [-0.2, 0) is 4.79 Å². The van der Waals surface area contributed by atoms with E-state index in [-0.39, 0.29) is 24.4 Å².